The minimum Gasteiger partial charge on any atom is -0.480 e. The number of carboxylic acid groups (broad SMARTS) is 1. The van der Waals surface area contributed by atoms with Gasteiger partial charge in [-0.2, -0.15) is 0 Å². The second-order valence-electron chi connectivity index (χ2n) is 3.70. The summed E-state index contributed by atoms with van der Waals surface area (Å²) in [6.07, 6.45) is 9.37. The van der Waals surface area contributed by atoms with Crippen LogP contribution in [0.3, 0.4) is 0 Å². The molecule has 0 aliphatic rings. The van der Waals surface area contributed by atoms with E-state index in [9.17, 15) is 9.59 Å². The van der Waals surface area contributed by atoms with Crippen molar-refractivity contribution in [2.24, 2.45) is 0 Å². The van der Waals surface area contributed by atoms with Gasteiger partial charge >= 0.3 is 5.97 Å². The fourth-order valence-corrected chi connectivity index (χ4v) is 1.40. The number of carbonyl (C=O) groups is 2. The van der Waals surface area contributed by atoms with E-state index >= 15 is 0 Å². The molecule has 0 aliphatic carbocycles. The lowest BCUT2D eigenvalue weighted by molar-refractivity contribution is -0.139. The van der Waals surface area contributed by atoms with E-state index in [4.69, 9.17) is 11.5 Å². The Kier molecular flexibility index (Phi) is 5.39. The molecule has 0 spiro atoms. The minimum absolute atomic E-state index is 0.311. The van der Waals surface area contributed by atoms with Gasteiger partial charge in [0.15, 0.2) is 0 Å². The van der Waals surface area contributed by atoms with Gasteiger partial charge in [0.25, 0.3) is 5.91 Å². The van der Waals surface area contributed by atoms with Crippen LogP contribution >= 0.6 is 0 Å². The number of amides is 1. The fraction of sp³-hybridized carbons (Fsp3) is 0.308. The molecule has 5 heteroatoms. The van der Waals surface area contributed by atoms with Crippen molar-refractivity contribution in [1.82, 2.24) is 10.3 Å². The fourth-order valence-electron chi connectivity index (χ4n) is 1.40. The first-order valence-corrected chi connectivity index (χ1v) is 5.52. The van der Waals surface area contributed by atoms with Crippen LogP contribution < -0.4 is 5.32 Å². The lowest BCUT2D eigenvalue weighted by atomic mass is 10.1. The van der Waals surface area contributed by atoms with E-state index < -0.39 is 17.9 Å². The largest absolute Gasteiger partial charge is 0.480 e. The SMILES string of the molecule is C#CCCC[C@@H](NC(=O)c1cccnc1)C(=O)O. The molecule has 94 valence electrons. The second-order valence-corrected chi connectivity index (χ2v) is 3.70. The van der Waals surface area contributed by atoms with Gasteiger partial charge in [-0.1, -0.05) is 0 Å². The van der Waals surface area contributed by atoms with Crippen LogP contribution in [0.5, 0.6) is 0 Å². The van der Waals surface area contributed by atoms with Crippen molar-refractivity contribution in [1.29, 1.82) is 0 Å². The number of hydrogen-bond donors (Lipinski definition) is 2. The van der Waals surface area contributed by atoms with E-state index in [1.165, 1.54) is 6.20 Å². The van der Waals surface area contributed by atoms with Gasteiger partial charge in [0, 0.05) is 18.8 Å². The van der Waals surface area contributed by atoms with Gasteiger partial charge < -0.3 is 10.4 Å². The predicted octanol–water partition coefficient (Wildman–Crippen LogP) is 1.07. The molecular weight excluding hydrogens is 232 g/mol. The first kappa shape index (κ1) is 13.7. The van der Waals surface area contributed by atoms with Crippen molar-refractivity contribution >= 4 is 11.9 Å². The summed E-state index contributed by atoms with van der Waals surface area (Å²) in [6.45, 7) is 0. The maximum absolute atomic E-state index is 11.7. The number of nitrogens with one attached hydrogen (secondary N) is 1. The highest BCUT2D eigenvalue weighted by atomic mass is 16.4. The van der Waals surface area contributed by atoms with Crippen LogP contribution in [0.25, 0.3) is 0 Å². The molecule has 2 N–H and O–H groups in total. The highest BCUT2D eigenvalue weighted by Crippen LogP contribution is 2.03. The second kappa shape index (κ2) is 7.07. The van der Waals surface area contributed by atoms with Crippen molar-refractivity contribution < 1.29 is 14.7 Å². The van der Waals surface area contributed by atoms with Gasteiger partial charge in [-0.15, -0.1) is 12.3 Å². The lowest BCUT2D eigenvalue weighted by Gasteiger charge is -2.13. The van der Waals surface area contributed by atoms with E-state index in [1.54, 1.807) is 18.3 Å². The minimum atomic E-state index is -1.07. The molecule has 0 radical (unpaired) electrons. The maximum atomic E-state index is 11.7. The number of nitrogens with zero attached hydrogens (tertiary/aromatic N) is 1. The molecule has 1 amide bonds. The zero-order valence-corrected chi connectivity index (χ0v) is 9.80. The summed E-state index contributed by atoms with van der Waals surface area (Å²) in [5.41, 5.74) is 0.334. The Bertz CT molecular complexity index is 451. The molecule has 18 heavy (non-hydrogen) atoms. The zero-order valence-electron chi connectivity index (χ0n) is 9.80. The number of carbonyl (C=O) groups excluding carboxylic acids is 1. The van der Waals surface area contributed by atoms with Gasteiger partial charge in [-0.05, 0) is 25.0 Å². The number of terminal acetylenes is 1. The first-order chi connectivity index (χ1) is 8.65. The Morgan fingerprint density at radius 3 is 2.89 bits per heavy atom. The van der Waals surface area contributed by atoms with Gasteiger partial charge in [0.05, 0.1) is 5.56 Å². The van der Waals surface area contributed by atoms with E-state index in [0.29, 0.717) is 24.8 Å². The normalized spacial score (nSPS) is 11.3. The van der Waals surface area contributed by atoms with Crippen molar-refractivity contribution in [3.63, 3.8) is 0 Å². The van der Waals surface area contributed by atoms with Crippen LogP contribution in [0.1, 0.15) is 29.6 Å². The lowest BCUT2D eigenvalue weighted by Crippen LogP contribution is -2.40. The summed E-state index contributed by atoms with van der Waals surface area (Å²) in [4.78, 5) is 26.5. The molecule has 0 saturated heterocycles. The number of hydrogen-bond acceptors (Lipinski definition) is 3. The quantitative estimate of drug-likeness (QED) is 0.581. The topological polar surface area (TPSA) is 79.3 Å². The third-order valence-corrected chi connectivity index (χ3v) is 2.34. The summed E-state index contributed by atoms with van der Waals surface area (Å²) < 4.78 is 0. The third-order valence-electron chi connectivity index (χ3n) is 2.34. The Balaban J connectivity index is 2.59. The van der Waals surface area contributed by atoms with Crippen molar-refractivity contribution in [2.75, 3.05) is 0 Å². The Morgan fingerprint density at radius 2 is 2.33 bits per heavy atom. The molecule has 0 aromatic carbocycles. The molecule has 0 aliphatic heterocycles. The molecule has 1 aromatic heterocycles. The van der Waals surface area contributed by atoms with E-state index in [2.05, 4.69) is 16.2 Å². The molecule has 1 aromatic rings. The van der Waals surface area contributed by atoms with E-state index in [-0.39, 0.29) is 0 Å². The predicted molar refractivity (Wildman–Crippen MR) is 65.8 cm³/mol. The number of unbranched alkanes of at least 4 members (excludes halogenated alkanes) is 1. The molecule has 0 unspecified atom stereocenters. The highest BCUT2D eigenvalue weighted by molar-refractivity contribution is 5.96. The van der Waals surface area contributed by atoms with Crippen LogP contribution in [-0.4, -0.2) is 28.0 Å². The van der Waals surface area contributed by atoms with E-state index in [0.717, 1.165) is 0 Å². The van der Waals surface area contributed by atoms with E-state index in [1.807, 2.05) is 0 Å². The van der Waals surface area contributed by atoms with Crippen molar-refractivity contribution in [3.05, 3.63) is 30.1 Å². The summed E-state index contributed by atoms with van der Waals surface area (Å²) >= 11 is 0. The Hall–Kier alpha value is -2.35. The molecule has 1 rings (SSSR count). The summed E-state index contributed by atoms with van der Waals surface area (Å²) in [7, 11) is 0. The molecule has 0 fully saturated rings. The van der Waals surface area contributed by atoms with Crippen LogP contribution in [-0.2, 0) is 4.79 Å². The van der Waals surface area contributed by atoms with Crippen molar-refractivity contribution in [3.8, 4) is 12.3 Å². The van der Waals surface area contributed by atoms with Crippen molar-refractivity contribution in [2.45, 2.75) is 25.3 Å². The molecule has 0 bridgehead atoms. The third kappa shape index (κ3) is 4.26. The molecule has 0 saturated carbocycles. The zero-order chi connectivity index (χ0) is 13.4. The molecular formula is C13H14N2O3. The van der Waals surface area contributed by atoms with Crippen LogP contribution in [0.2, 0.25) is 0 Å². The van der Waals surface area contributed by atoms with Gasteiger partial charge in [-0.3, -0.25) is 9.78 Å². The number of carboxylic acids is 1. The molecule has 1 heterocycles. The van der Waals surface area contributed by atoms with Gasteiger partial charge in [0.2, 0.25) is 0 Å². The molecule has 1 atom stereocenters. The summed E-state index contributed by atoms with van der Waals surface area (Å²) in [6, 6.07) is 2.26. The number of rotatable bonds is 6. The van der Waals surface area contributed by atoms with Gasteiger partial charge in [-0.25, -0.2) is 4.79 Å². The monoisotopic (exact) mass is 246 g/mol. The van der Waals surface area contributed by atoms with Crippen LogP contribution in [0.15, 0.2) is 24.5 Å². The summed E-state index contributed by atoms with van der Waals surface area (Å²) in [5, 5.41) is 11.4. The van der Waals surface area contributed by atoms with Gasteiger partial charge in [0.1, 0.15) is 6.04 Å². The standard InChI is InChI=1S/C13H14N2O3/c1-2-3-4-7-11(13(17)18)15-12(16)10-6-5-8-14-9-10/h1,5-6,8-9,11H,3-4,7H2,(H,15,16)(H,17,18)/t11-/m1/s1. The number of pyridine rings is 1. The van der Waals surface area contributed by atoms with Crippen LogP contribution in [0.4, 0.5) is 0 Å². The Labute approximate surface area is 105 Å². The Morgan fingerprint density at radius 1 is 1.56 bits per heavy atom. The first-order valence-electron chi connectivity index (χ1n) is 5.52. The maximum Gasteiger partial charge on any atom is 0.326 e. The summed E-state index contributed by atoms with van der Waals surface area (Å²) in [5.74, 6) is 0.918. The number of aliphatic carboxylic acids is 1. The molecule has 5 nitrogen and oxygen atoms in total. The average Bonchev–Trinajstić information content (AvgIpc) is 2.38. The smallest absolute Gasteiger partial charge is 0.326 e. The average molecular weight is 246 g/mol. The number of aromatic nitrogens is 1. The van der Waals surface area contributed by atoms with Crippen LogP contribution in [0, 0.1) is 12.3 Å². The highest BCUT2D eigenvalue weighted by Gasteiger charge is 2.19.